The summed E-state index contributed by atoms with van der Waals surface area (Å²) in [5.74, 6) is -1.20. The van der Waals surface area contributed by atoms with Gasteiger partial charge in [-0.25, -0.2) is 0 Å². The molecule has 2 heterocycles. The second-order valence-electron chi connectivity index (χ2n) is 3.73. The van der Waals surface area contributed by atoms with Crippen molar-refractivity contribution < 1.29 is 14.6 Å². The smallest absolute Gasteiger partial charge is 0.311 e. The number of carboxylic acids is 1. The average Bonchev–Trinajstić information content (AvgIpc) is 2.72. The maximum atomic E-state index is 11.2. The Morgan fingerprint density at radius 1 is 1.67 bits per heavy atom. The summed E-state index contributed by atoms with van der Waals surface area (Å²) in [7, 11) is 0. The molecule has 0 aliphatic carbocycles. The van der Waals surface area contributed by atoms with Crippen molar-refractivity contribution >= 4 is 5.97 Å². The third-order valence-corrected chi connectivity index (χ3v) is 2.75. The van der Waals surface area contributed by atoms with E-state index in [-0.39, 0.29) is 5.92 Å². The quantitative estimate of drug-likeness (QED) is 0.811. The van der Waals surface area contributed by atoms with Gasteiger partial charge in [0, 0.05) is 24.9 Å². The third kappa shape index (κ3) is 2.15. The van der Waals surface area contributed by atoms with Gasteiger partial charge in [-0.05, 0) is 18.1 Å². The second kappa shape index (κ2) is 4.40. The molecular weight excluding hydrogens is 194 g/mol. The number of aliphatic carboxylic acids is 1. The molecule has 0 amide bonds. The largest absolute Gasteiger partial charge is 0.481 e. The summed E-state index contributed by atoms with van der Waals surface area (Å²) in [4.78, 5) is 15.2. The Bertz CT molecular complexity index is 333. The highest BCUT2D eigenvalue weighted by molar-refractivity contribution is 5.76. The Hall–Kier alpha value is -1.42. The fourth-order valence-corrected chi connectivity index (χ4v) is 1.99. The third-order valence-electron chi connectivity index (χ3n) is 2.75. The standard InChI is InChI=1S/C11H13NO3/c13-11(14)10(9-3-5-15-7-9)8-2-1-4-12-6-8/h1-2,4,6,9-10H,3,5,7H2,(H,13,14). The molecule has 2 rings (SSSR count). The van der Waals surface area contributed by atoms with Crippen LogP contribution in [0, 0.1) is 5.92 Å². The molecule has 1 fully saturated rings. The molecule has 15 heavy (non-hydrogen) atoms. The predicted molar refractivity (Wildman–Crippen MR) is 53.5 cm³/mol. The lowest BCUT2D eigenvalue weighted by Gasteiger charge is -2.17. The van der Waals surface area contributed by atoms with Crippen molar-refractivity contribution in [2.75, 3.05) is 13.2 Å². The summed E-state index contributed by atoms with van der Waals surface area (Å²) in [6.07, 6.45) is 4.08. The van der Waals surface area contributed by atoms with E-state index in [9.17, 15) is 9.90 Å². The van der Waals surface area contributed by atoms with Crippen LogP contribution in [0.5, 0.6) is 0 Å². The van der Waals surface area contributed by atoms with Crippen molar-refractivity contribution in [2.24, 2.45) is 5.92 Å². The lowest BCUT2D eigenvalue weighted by atomic mass is 9.86. The molecule has 80 valence electrons. The summed E-state index contributed by atoms with van der Waals surface area (Å²) < 4.78 is 5.23. The van der Waals surface area contributed by atoms with Crippen LogP contribution in [0.4, 0.5) is 0 Å². The summed E-state index contributed by atoms with van der Waals surface area (Å²) in [5, 5.41) is 9.20. The molecule has 0 saturated carbocycles. The van der Waals surface area contributed by atoms with E-state index >= 15 is 0 Å². The van der Waals surface area contributed by atoms with Gasteiger partial charge in [-0.2, -0.15) is 0 Å². The molecule has 2 unspecified atom stereocenters. The van der Waals surface area contributed by atoms with E-state index < -0.39 is 11.9 Å². The number of carboxylic acid groups (broad SMARTS) is 1. The molecule has 0 aromatic carbocycles. The first-order valence-corrected chi connectivity index (χ1v) is 4.99. The van der Waals surface area contributed by atoms with Crippen LogP contribution in [0.15, 0.2) is 24.5 Å². The van der Waals surface area contributed by atoms with Gasteiger partial charge in [0.25, 0.3) is 0 Å². The van der Waals surface area contributed by atoms with Crippen LogP contribution in [0.2, 0.25) is 0 Å². The number of hydrogen-bond acceptors (Lipinski definition) is 3. The highest BCUT2D eigenvalue weighted by Gasteiger charge is 2.32. The molecular formula is C11H13NO3. The zero-order valence-corrected chi connectivity index (χ0v) is 8.30. The number of nitrogens with zero attached hydrogens (tertiary/aromatic N) is 1. The second-order valence-corrected chi connectivity index (χ2v) is 3.73. The Labute approximate surface area is 87.9 Å². The van der Waals surface area contributed by atoms with Crippen LogP contribution >= 0.6 is 0 Å². The molecule has 0 bridgehead atoms. The summed E-state index contributed by atoms with van der Waals surface area (Å²) in [6.45, 7) is 1.20. The molecule has 2 atom stereocenters. The molecule has 0 radical (unpaired) electrons. The van der Waals surface area contributed by atoms with Gasteiger partial charge in [0.1, 0.15) is 0 Å². The lowest BCUT2D eigenvalue weighted by molar-refractivity contribution is -0.140. The van der Waals surface area contributed by atoms with Gasteiger partial charge in [-0.3, -0.25) is 9.78 Å². The highest BCUT2D eigenvalue weighted by atomic mass is 16.5. The van der Waals surface area contributed by atoms with Crippen LogP contribution in [0.25, 0.3) is 0 Å². The monoisotopic (exact) mass is 207 g/mol. The van der Waals surface area contributed by atoms with Gasteiger partial charge in [-0.15, -0.1) is 0 Å². The topological polar surface area (TPSA) is 59.4 Å². The number of rotatable bonds is 3. The maximum Gasteiger partial charge on any atom is 0.311 e. The maximum absolute atomic E-state index is 11.2. The van der Waals surface area contributed by atoms with Crippen LogP contribution in [-0.2, 0) is 9.53 Å². The van der Waals surface area contributed by atoms with Crippen molar-refractivity contribution in [3.8, 4) is 0 Å². The molecule has 1 aliphatic rings. The van der Waals surface area contributed by atoms with E-state index in [2.05, 4.69) is 4.98 Å². The van der Waals surface area contributed by atoms with Gasteiger partial charge in [0.05, 0.1) is 12.5 Å². The van der Waals surface area contributed by atoms with Gasteiger partial charge in [-0.1, -0.05) is 6.07 Å². The van der Waals surface area contributed by atoms with E-state index in [1.165, 1.54) is 0 Å². The van der Waals surface area contributed by atoms with Gasteiger partial charge in [0.15, 0.2) is 0 Å². The summed E-state index contributed by atoms with van der Waals surface area (Å²) in [6, 6.07) is 3.57. The Morgan fingerprint density at radius 2 is 2.53 bits per heavy atom. The Morgan fingerprint density at radius 3 is 3.07 bits per heavy atom. The van der Waals surface area contributed by atoms with E-state index in [4.69, 9.17) is 4.74 Å². The highest BCUT2D eigenvalue weighted by Crippen LogP contribution is 2.30. The Balaban J connectivity index is 2.23. The van der Waals surface area contributed by atoms with E-state index in [0.717, 1.165) is 12.0 Å². The minimum atomic E-state index is -0.793. The van der Waals surface area contributed by atoms with Gasteiger partial charge < -0.3 is 9.84 Å². The van der Waals surface area contributed by atoms with Gasteiger partial charge in [0.2, 0.25) is 0 Å². The first-order valence-electron chi connectivity index (χ1n) is 4.99. The number of aromatic nitrogens is 1. The normalized spacial score (nSPS) is 22.5. The first kappa shape index (κ1) is 10.1. The fraction of sp³-hybridized carbons (Fsp3) is 0.455. The molecule has 0 spiro atoms. The predicted octanol–water partition coefficient (Wildman–Crippen LogP) is 1.29. The molecule has 1 saturated heterocycles. The molecule has 1 aliphatic heterocycles. The van der Waals surface area contributed by atoms with E-state index in [0.29, 0.717) is 13.2 Å². The molecule has 1 aromatic rings. The zero-order chi connectivity index (χ0) is 10.7. The van der Waals surface area contributed by atoms with Crippen LogP contribution in [-0.4, -0.2) is 29.3 Å². The minimum absolute atomic E-state index is 0.0756. The molecule has 4 nitrogen and oxygen atoms in total. The number of carbonyl (C=O) groups is 1. The average molecular weight is 207 g/mol. The van der Waals surface area contributed by atoms with Crippen molar-refractivity contribution in [3.63, 3.8) is 0 Å². The minimum Gasteiger partial charge on any atom is -0.481 e. The molecule has 4 heteroatoms. The number of ether oxygens (including phenoxy) is 1. The van der Waals surface area contributed by atoms with Crippen molar-refractivity contribution in [1.29, 1.82) is 0 Å². The zero-order valence-electron chi connectivity index (χ0n) is 8.30. The summed E-state index contributed by atoms with van der Waals surface area (Å²) >= 11 is 0. The van der Waals surface area contributed by atoms with E-state index in [1.54, 1.807) is 18.5 Å². The van der Waals surface area contributed by atoms with Crippen molar-refractivity contribution in [2.45, 2.75) is 12.3 Å². The van der Waals surface area contributed by atoms with Crippen LogP contribution in [0.3, 0.4) is 0 Å². The fourth-order valence-electron chi connectivity index (χ4n) is 1.99. The molecule has 1 aromatic heterocycles. The summed E-state index contributed by atoms with van der Waals surface area (Å²) in [5.41, 5.74) is 0.764. The SMILES string of the molecule is O=C(O)C(c1cccnc1)C1CCOC1. The number of hydrogen-bond donors (Lipinski definition) is 1. The molecule has 1 N–H and O–H groups in total. The van der Waals surface area contributed by atoms with Crippen LogP contribution < -0.4 is 0 Å². The number of pyridine rings is 1. The van der Waals surface area contributed by atoms with E-state index in [1.807, 2.05) is 6.07 Å². The first-order chi connectivity index (χ1) is 7.29. The van der Waals surface area contributed by atoms with Crippen LogP contribution in [0.1, 0.15) is 17.9 Å². The van der Waals surface area contributed by atoms with Gasteiger partial charge >= 0.3 is 5.97 Å². The van der Waals surface area contributed by atoms with Crippen molar-refractivity contribution in [3.05, 3.63) is 30.1 Å². The lowest BCUT2D eigenvalue weighted by Crippen LogP contribution is -2.21. The van der Waals surface area contributed by atoms with Crippen molar-refractivity contribution in [1.82, 2.24) is 4.98 Å². The Kier molecular flexibility index (Phi) is 2.97.